The molecule has 2 N–H and O–H groups in total. The summed E-state index contributed by atoms with van der Waals surface area (Å²) in [4.78, 5) is 6.52. The minimum Gasteiger partial charge on any atom is -0.343 e. The van der Waals surface area contributed by atoms with E-state index in [1.807, 2.05) is 0 Å². The maximum Gasteiger partial charge on any atom is 0.264 e. The lowest BCUT2D eigenvalue weighted by atomic mass is 9.94. The fraction of sp³-hybridized carbons (Fsp3) is 0.533. The molecule has 6 nitrogen and oxygen atoms in total. The molecule has 23 heavy (non-hydrogen) atoms. The lowest BCUT2D eigenvalue weighted by Crippen LogP contribution is -2.53. The predicted molar refractivity (Wildman–Crippen MR) is 85.7 cm³/mol. The van der Waals surface area contributed by atoms with Crippen molar-refractivity contribution < 1.29 is 12.8 Å². The molecule has 2 aliphatic rings. The quantitative estimate of drug-likeness (QED) is 0.877. The molecule has 1 aromatic rings. The monoisotopic (exact) mass is 340 g/mol. The second-order valence-corrected chi connectivity index (χ2v) is 7.61. The normalized spacial score (nSPS) is 20.7. The summed E-state index contributed by atoms with van der Waals surface area (Å²) in [6.45, 7) is 1.06. The molecule has 1 aliphatic carbocycles. The van der Waals surface area contributed by atoms with E-state index in [0.29, 0.717) is 19.4 Å². The number of halogens is 1. The molecule has 0 saturated heterocycles. The van der Waals surface area contributed by atoms with Crippen LogP contribution in [-0.2, 0) is 10.0 Å². The van der Waals surface area contributed by atoms with E-state index in [1.54, 1.807) is 0 Å². The molecule has 1 fully saturated rings. The van der Waals surface area contributed by atoms with Crippen LogP contribution in [-0.4, -0.2) is 38.7 Å². The molecule has 1 aliphatic heterocycles. The highest BCUT2D eigenvalue weighted by Crippen LogP contribution is 2.22. The Morgan fingerprint density at radius 1 is 1.17 bits per heavy atom. The highest BCUT2D eigenvalue weighted by Gasteiger charge is 2.24. The Morgan fingerprint density at radius 3 is 2.48 bits per heavy atom. The Balaban J connectivity index is 1.62. The molecule has 1 aromatic carbocycles. The number of hydrogen-bond acceptors (Lipinski definition) is 5. The third kappa shape index (κ3) is 4.00. The smallest absolute Gasteiger partial charge is 0.264 e. The van der Waals surface area contributed by atoms with Crippen LogP contribution in [0, 0.1) is 5.82 Å². The first kappa shape index (κ1) is 16.2. The van der Waals surface area contributed by atoms with Crippen molar-refractivity contribution in [2.75, 3.05) is 13.3 Å². The van der Waals surface area contributed by atoms with Crippen LogP contribution >= 0.6 is 0 Å². The van der Waals surface area contributed by atoms with Crippen molar-refractivity contribution in [1.29, 1.82) is 0 Å². The fourth-order valence-corrected chi connectivity index (χ4v) is 4.01. The van der Waals surface area contributed by atoms with E-state index in [-0.39, 0.29) is 10.9 Å². The highest BCUT2D eigenvalue weighted by molar-refractivity contribution is 7.90. The van der Waals surface area contributed by atoms with Crippen LogP contribution in [0.25, 0.3) is 0 Å². The summed E-state index contributed by atoms with van der Waals surface area (Å²) in [7, 11) is -3.75. The summed E-state index contributed by atoms with van der Waals surface area (Å²) in [6, 6.07) is 5.23. The number of rotatable bonds is 3. The molecule has 1 saturated carbocycles. The predicted octanol–water partition coefficient (Wildman–Crippen LogP) is 1.61. The number of hydrogen-bond donors (Lipinski definition) is 2. The number of nitrogens with one attached hydrogen (secondary N) is 2. The van der Waals surface area contributed by atoms with E-state index in [1.165, 1.54) is 44.2 Å². The molecule has 0 radical (unpaired) electrons. The van der Waals surface area contributed by atoms with Gasteiger partial charge in [-0.3, -0.25) is 4.90 Å². The molecular formula is C15H21FN4O2S. The summed E-state index contributed by atoms with van der Waals surface area (Å²) in [5.41, 5.74) is 0. The number of benzene rings is 1. The summed E-state index contributed by atoms with van der Waals surface area (Å²) >= 11 is 0. The lowest BCUT2D eigenvalue weighted by molar-refractivity contribution is 0.149. The molecule has 0 atom stereocenters. The Kier molecular flexibility index (Phi) is 4.82. The SMILES string of the molecule is O=S(=O)(NC1=NCN(C2CCCCC2)CN1)c1ccc(F)cc1. The zero-order valence-electron chi connectivity index (χ0n) is 12.8. The molecule has 0 bridgehead atoms. The van der Waals surface area contributed by atoms with Crippen LogP contribution in [0.3, 0.4) is 0 Å². The molecule has 3 rings (SSSR count). The summed E-state index contributed by atoms with van der Waals surface area (Å²) < 4.78 is 39.8. The maximum absolute atomic E-state index is 12.9. The topological polar surface area (TPSA) is 73.8 Å². The number of aliphatic imine (C=N–C) groups is 1. The third-order valence-corrected chi connectivity index (χ3v) is 5.66. The van der Waals surface area contributed by atoms with E-state index < -0.39 is 15.8 Å². The maximum atomic E-state index is 12.9. The van der Waals surface area contributed by atoms with Gasteiger partial charge in [-0.15, -0.1) is 0 Å². The van der Waals surface area contributed by atoms with E-state index in [2.05, 4.69) is 19.9 Å². The number of nitrogens with zero attached hydrogens (tertiary/aromatic N) is 2. The lowest BCUT2D eigenvalue weighted by Gasteiger charge is -2.35. The van der Waals surface area contributed by atoms with Crippen molar-refractivity contribution in [3.05, 3.63) is 30.1 Å². The van der Waals surface area contributed by atoms with E-state index in [4.69, 9.17) is 0 Å². The van der Waals surface area contributed by atoms with Gasteiger partial charge in [-0.05, 0) is 37.1 Å². The van der Waals surface area contributed by atoms with Crippen molar-refractivity contribution in [3.63, 3.8) is 0 Å². The molecule has 8 heteroatoms. The molecular weight excluding hydrogens is 319 g/mol. The zero-order chi connectivity index (χ0) is 16.3. The average molecular weight is 340 g/mol. The van der Waals surface area contributed by atoms with Gasteiger partial charge in [-0.1, -0.05) is 19.3 Å². The number of guanidine groups is 1. The van der Waals surface area contributed by atoms with Gasteiger partial charge >= 0.3 is 0 Å². The fourth-order valence-electron chi connectivity index (χ4n) is 3.00. The second-order valence-electron chi connectivity index (χ2n) is 5.92. The minimum absolute atomic E-state index is 0.0121. The summed E-state index contributed by atoms with van der Waals surface area (Å²) in [5.74, 6) is -0.235. The first-order chi connectivity index (χ1) is 11.0. The van der Waals surface area contributed by atoms with Crippen molar-refractivity contribution in [3.8, 4) is 0 Å². The van der Waals surface area contributed by atoms with Gasteiger partial charge < -0.3 is 5.32 Å². The van der Waals surface area contributed by atoms with Gasteiger partial charge in [-0.25, -0.2) is 22.5 Å². The first-order valence-corrected chi connectivity index (χ1v) is 9.34. The first-order valence-electron chi connectivity index (χ1n) is 7.85. The van der Waals surface area contributed by atoms with Crippen LogP contribution < -0.4 is 10.0 Å². The second kappa shape index (κ2) is 6.84. The highest BCUT2D eigenvalue weighted by atomic mass is 32.2. The Hall–Kier alpha value is -1.67. The molecule has 0 spiro atoms. The van der Waals surface area contributed by atoms with Crippen LogP contribution in [0.5, 0.6) is 0 Å². The summed E-state index contributed by atoms with van der Waals surface area (Å²) in [6.07, 6.45) is 6.13. The van der Waals surface area contributed by atoms with Crippen LogP contribution in [0.2, 0.25) is 0 Å². The van der Waals surface area contributed by atoms with E-state index in [9.17, 15) is 12.8 Å². The standard InChI is InChI=1S/C15H21FN4O2S/c16-12-6-8-14(9-7-12)23(21,22)19-15-17-10-20(11-18-15)13-4-2-1-3-5-13/h6-9,13H,1-5,10-11H2,(H2,17,18,19). The van der Waals surface area contributed by atoms with Gasteiger partial charge in [0.25, 0.3) is 10.0 Å². The van der Waals surface area contributed by atoms with Gasteiger partial charge in [0, 0.05) is 6.04 Å². The molecule has 0 aromatic heterocycles. The molecule has 0 unspecified atom stereocenters. The van der Waals surface area contributed by atoms with Gasteiger partial charge in [0.2, 0.25) is 5.96 Å². The van der Waals surface area contributed by atoms with Crippen LogP contribution in [0.4, 0.5) is 4.39 Å². The zero-order valence-corrected chi connectivity index (χ0v) is 13.7. The Labute approximate surface area is 135 Å². The van der Waals surface area contributed by atoms with Gasteiger partial charge in [0.05, 0.1) is 18.2 Å². The van der Waals surface area contributed by atoms with Crippen LogP contribution in [0.15, 0.2) is 34.2 Å². The number of sulfonamides is 1. The largest absolute Gasteiger partial charge is 0.343 e. The van der Waals surface area contributed by atoms with Crippen molar-refractivity contribution in [2.24, 2.45) is 4.99 Å². The Bertz CT molecular complexity index is 669. The van der Waals surface area contributed by atoms with Gasteiger partial charge in [-0.2, -0.15) is 0 Å². The molecule has 0 amide bonds. The molecule has 1 heterocycles. The minimum atomic E-state index is -3.75. The van der Waals surface area contributed by atoms with E-state index >= 15 is 0 Å². The van der Waals surface area contributed by atoms with Crippen molar-refractivity contribution in [2.45, 2.75) is 43.0 Å². The van der Waals surface area contributed by atoms with Crippen molar-refractivity contribution in [1.82, 2.24) is 14.9 Å². The van der Waals surface area contributed by atoms with Gasteiger partial charge in [0.15, 0.2) is 0 Å². The molecule has 126 valence electrons. The average Bonchev–Trinajstić information content (AvgIpc) is 2.56. The Morgan fingerprint density at radius 2 is 1.87 bits per heavy atom. The third-order valence-electron chi connectivity index (χ3n) is 4.31. The van der Waals surface area contributed by atoms with Crippen molar-refractivity contribution >= 4 is 16.0 Å². The van der Waals surface area contributed by atoms with Gasteiger partial charge in [0.1, 0.15) is 5.82 Å². The van der Waals surface area contributed by atoms with Crippen LogP contribution in [0.1, 0.15) is 32.1 Å². The van der Waals surface area contributed by atoms with E-state index in [0.717, 1.165) is 12.1 Å². The summed E-state index contributed by atoms with van der Waals surface area (Å²) in [5, 5.41) is 3.02.